The maximum absolute atomic E-state index is 12.6. The van der Waals surface area contributed by atoms with E-state index in [1.165, 1.54) is 31.9 Å². The van der Waals surface area contributed by atoms with Crippen LogP contribution < -0.4 is 5.32 Å². The number of likely N-dealkylation sites (tertiary alicyclic amines) is 1. The van der Waals surface area contributed by atoms with E-state index in [2.05, 4.69) is 12.2 Å². The second kappa shape index (κ2) is 6.85. The van der Waals surface area contributed by atoms with E-state index in [0.29, 0.717) is 24.8 Å². The highest BCUT2D eigenvalue weighted by Crippen LogP contribution is 2.49. The van der Waals surface area contributed by atoms with Gasteiger partial charge in [0.1, 0.15) is 0 Å². The standard InChI is InChI=1S/C20H28N2O3/c1-13(17-12-14-4-5-16(17)11-14)21-19(23)15-6-8-22(9-7-15)20(24)18-3-2-10-25-18/h2-3,10,13-17H,4-9,11-12H2,1H3,(H,21,23)/t13-,14-,16-,17-/m0/s1. The van der Waals surface area contributed by atoms with Gasteiger partial charge in [-0.25, -0.2) is 0 Å². The van der Waals surface area contributed by atoms with Gasteiger partial charge in [0, 0.05) is 25.0 Å². The summed E-state index contributed by atoms with van der Waals surface area (Å²) in [6.45, 7) is 3.43. The molecule has 2 amide bonds. The van der Waals surface area contributed by atoms with Crippen molar-refractivity contribution in [3.8, 4) is 0 Å². The minimum atomic E-state index is -0.0702. The number of piperidine rings is 1. The van der Waals surface area contributed by atoms with Crippen molar-refractivity contribution in [2.75, 3.05) is 13.1 Å². The molecule has 4 rings (SSSR count). The number of hydrogen-bond donors (Lipinski definition) is 1. The van der Waals surface area contributed by atoms with Crippen molar-refractivity contribution in [1.29, 1.82) is 0 Å². The van der Waals surface area contributed by atoms with Gasteiger partial charge in [0.15, 0.2) is 5.76 Å². The summed E-state index contributed by atoms with van der Waals surface area (Å²) in [5.74, 6) is 2.93. The fourth-order valence-corrected chi connectivity index (χ4v) is 5.26. The zero-order valence-electron chi connectivity index (χ0n) is 14.9. The zero-order valence-corrected chi connectivity index (χ0v) is 14.9. The van der Waals surface area contributed by atoms with Gasteiger partial charge >= 0.3 is 0 Å². The predicted molar refractivity (Wildman–Crippen MR) is 93.9 cm³/mol. The fraction of sp³-hybridized carbons (Fsp3) is 0.700. The Hall–Kier alpha value is -1.78. The molecule has 2 saturated carbocycles. The highest BCUT2D eigenvalue weighted by molar-refractivity contribution is 5.91. The summed E-state index contributed by atoms with van der Waals surface area (Å²) < 4.78 is 5.19. The lowest BCUT2D eigenvalue weighted by Gasteiger charge is -2.33. The van der Waals surface area contributed by atoms with Gasteiger partial charge in [-0.2, -0.15) is 0 Å². The topological polar surface area (TPSA) is 62.6 Å². The molecule has 2 bridgehead atoms. The van der Waals surface area contributed by atoms with Crippen molar-refractivity contribution in [2.45, 2.75) is 51.5 Å². The maximum Gasteiger partial charge on any atom is 0.289 e. The highest BCUT2D eigenvalue weighted by atomic mass is 16.3. The molecule has 136 valence electrons. The molecule has 2 aliphatic carbocycles. The number of carbonyl (C=O) groups excluding carboxylic acids is 2. The number of furan rings is 1. The van der Waals surface area contributed by atoms with E-state index in [-0.39, 0.29) is 23.8 Å². The molecule has 5 nitrogen and oxygen atoms in total. The van der Waals surface area contributed by atoms with E-state index < -0.39 is 0 Å². The van der Waals surface area contributed by atoms with E-state index in [1.54, 1.807) is 17.0 Å². The maximum atomic E-state index is 12.6. The fourth-order valence-electron chi connectivity index (χ4n) is 5.26. The summed E-state index contributed by atoms with van der Waals surface area (Å²) in [6, 6.07) is 3.70. The third kappa shape index (κ3) is 3.33. The number of nitrogens with one attached hydrogen (secondary N) is 1. The van der Waals surface area contributed by atoms with Crippen LogP contribution in [0.1, 0.15) is 56.0 Å². The van der Waals surface area contributed by atoms with Gasteiger partial charge in [0.25, 0.3) is 5.91 Å². The number of hydrogen-bond acceptors (Lipinski definition) is 3. The molecule has 2 heterocycles. The number of fused-ring (bicyclic) bond motifs is 2. The molecule has 0 spiro atoms. The van der Waals surface area contributed by atoms with Gasteiger partial charge in [-0.1, -0.05) is 6.42 Å². The van der Waals surface area contributed by atoms with E-state index in [9.17, 15) is 9.59 Å². The van der Waals surface area contributed by atoms with Crippen LogP contribution in [-0.4, -0.2) is 35.8 Å². The lowest BCUT2D eigenvalue weighted by Crippen LogP contribution is -2.47. The second-order valence-corrected chi connectivity index (χ2v) is 8.18. The molecule has 1 N–H and O–H groups in total. The Labute approximate surface area is 149 Å². The molecule has 1 aromatic rings. The molecule has 3 fully saturated rings. The van der Waals surface area contributed by atoms with Crippen LogP contribution in [0.3, 0.4) is 0 Å². The Balaban J connectivity index is 1.26. The first-order chi connectivity index (χ1) is 12.1. The van der Waals surface area contributed by atoms with Gasteiger partial charge < -0.3 is 14.6 Å². The first-order valence-electron chi connectivity index (χ1n) is 9.75. The number of amides is 2. The van der Waals surface area contributed by atoms with Crippen molar-refractivity contribution < 1.29 is 14.0 Å². The molecule has 1 aromatic heterocycles. The Morgan fingerprint density at radius 1 is 1.20 bits per heavy atom. The Kier molecular flexibility index (Phi) is 4.57. The van der Waals surface area contributed by atoms with Crippen LogP contribution in [0.15, 0.2) is 22.8 Å². The van der Waals surface area contributed by atoms with Crippen molar-refractivity contribution in [1.82, 2.24) is 10.2 Å². The number of carbonyl (C=O) groups is 2. The molecule has 25 heavy (non-hydrogen) atoms. The van der Waals surface area contributed by atoms with Crippen molar-refractivity contribution in [3.63, 3.8) is 0 Å². The SMILES string of the molecule is C[C@H](NC(=O)C1CCN(C(=O)c2ccco2)CC1)[C@@H]1C[C@H]2CC[C@H]1C2. The summed E-state index contributed by atoms with van der Waals surface area (Å²) in [7, 11) is 0. The Morgan fingerprint density at radius 2 is 2.00 bits per heavy atom. The second-order valence-electron chi connectivity index (χ2n) is 8.18. The molecule has 1 aliphatic heterocycles. The lowest BCUT2D eigenvalue weighted by molar-refractivity contribution is -0.127. The van der Waals surface area contributed by atoms with Gasteiger partial charge in [-0.3, -0.25) is 9.59 Å². The minimum absolute atomic E-state index is 0.0293. The highest BCUT2D eigenvalue weighted by Gasteiger charge is 2.42. The van der Waals surface area contributed by atoms with Crippen LogP contribution in [-0.2, 0) is 4.79 Å². The first kappa shape index (κ1) is 16.7. The first-order valence-corrected chi connectivity index (χ1v) is 9.75. The summed E-state index contributed by atoms with van der Waals surface area (Å²) in [6.07, 6.45) is 8.40. The van der Waals surface area contributed by atoms with Crippen LogP contribution in [0.25, 0.3) is 0 Å². The van der Waals surface area contributed by atoms with Gasteiger partial charge in [0.2, 0.25) is 5.91 Å². The average Bonchev–Trinajstić information content (AvgIpc) is 3.38. The summed E-state index contributed by atoms with van der Waals surface area (Å²) in [4.78, 5) is 26.7. The molecule has 4 atom stereocenters. The van der Waals surface area contributed by atoms with Gasteiger partial charge in [0.05, 0.1) is 6.26 Å². The van der Waals surface area contributed by atoms with E-state index in [0.717, 1.165) is 24.7 Å². The summed E-state index contributed by atoms with van der Waals surface area (Å²) in [5, 5.41) is 3.29. The van der Waals surface area contributed by atoms with Gasteiger partial charge in [-0.05, 0) is 68.9 Å². The van der Waals surface area contributed by atoms with Crippen LogP contribution in [0.5, 0.6) is 0 Å². The van der Waals surface area contributed by atoms with E-state index in [4.69, 9.17) is 4.42 Å². The molecule has 0 aromatic carbocycles. The van der Waals surface area contributed by atoms with E-state index >= 15 is 0 Å². The lowest BCUT2D eigenvalue weighted by atomic mass is 9.83. The summed E-state index contributed by atoms with van der Waals surface area (Å²) >= 11 is 0. The summed E-state index contributed by atoms with van der Waals surface area (Å²) in [5.41, 5.74) is 0. The molecule has 5 heteroatoms. The molecule has 1 saturated heterocycles. The quantitative estimate of drug-likeness (QED) is 0.913. The van der Waals surface area contributed by atoms with Gasteiger partial charge in [-0.15, -0.1) is 0 Å². The average molecular weight is 344 g/mol. The van der Waals surface area contributed by atoms with Crippen molar-refractivity contribution in [2.24, 2.45) is 23.7 Å². The van der Waals surface area contributed by atoms with Crippen molar-refractivity contribution in [3.05, 3.63) is 24.2 Å². The third-order valence-corrected chi connectivity index (χ3v) is 6.69. The van der Waals surface area contributed by atoms with Crippen LogP contribution in [0.2, 0.25) is 0 Å². The van der Waals surface area contributed by atoms with Crippen molar-refractivity contribution >= 4 is 11.8 Å². The van der Waals surface area contributed by atoms with Crippen LogP contribution in [0, 0.1) is 23.7 Å². The molecule has 0 unspecified atom stereocenters. The smallest absolute Gasteiger partial charge is 0.289 e. The Bertz CT molecular complexity index is 619. The molecule has 3 aliphatic rings. The normalized spacial score (nSPS) is 30.4. The third-order valence-electron chi connectivity index (χ3n) is 6.69. The number of nitrogens with zero attached hydrogens (tertiary/aromatic N) is 1. The minimum Gasteiger partial charge on any atom is -0.459 e. The zero-order chi connectivity index (χ0) is 17.4. The molecular weight excluding hydrogens is 316 g/mol. The van der Waals surface area contributed by atoms with Crippen LogP contribution in [0.4, 0.5) is 0 Å². The Morgan fingerprint density at radius 3 is 2.60 bits per heavy atom. The van der Waals surface area contributed by atoms with Crippen LogP contribution >= 0.6 is 0 Å². The monoisotopic (exact) mass is 344 g/mol. The predicted octanol–water partition coefficient (Wildman–Crippen LogP) is 3.07. The largest absolute Gasteiger partial charge is 0.459 e. The molecular formula is C20H28N2O3. The number of rotatable bonds is 4. The molecule has 0 radical (unpaired) electrons. The van der Waals surface area contributed by atoms with E-state index in [1.807, 2.05) is 0 Å².